The first kappa shape index (κ1) is 34.1. The van der Waals surface area contributed by atoms with Crippen LogP contribution in [0.2, 0.25) is 0 Å². The number of hydrogen-bond acceptors (Lipinski definition) is 3. The molecule has 3 aromatic heterocycles. The molecule has 6 aromatic carbocycles. The standard InChI is InChI=1S/C42H40NO.C16H18N.Ir/c1-23(2)30-18-33(24(3)4)41(34(19-30)25(5)6)35-20-38(43-22-27(35)8)32-16-13-26(7)40-37-17-29-15-14-28-11-9-10-12-31(28)36(29)21-39(37)44-42(32)40;1-12-5-7-13(8-6-12)15-10-9-14(11-17-15)16(2,3)4;/h9-15,17-25H,1-8H3;5-7,9-11H,1-4H3;/q2*-1;/i7D3,8D3;1D3;. The van der Waals surface area contributed by atoms with Gasteiger partial charge in [0.05, 0.1) is 5.58 Å². The van der Waals surface area contributed by atoms with Crippen molar-refractivity contribution in [2.75, 3.05) is 0 Å². The van der Waals surface area contributed by atoms with Crippen LogP contribution < -0.4 is 0 Å². The molecule has 0 fully saturated rings. The van der Waals surface area contributed by atoms with Gasteiger partial charge in [-0.25, -0.2) is 0 Å². The van der Waals surface area contributed by atoms with Crippen LogP contribution in [0.15, 0.2) is 120 Å². The van der Waals surface area contributed by atoms with Gasteiger partial charge in [-0.2, -0.15) is 0 Å². The summed E-state index contributed by atoms with van der Waals surface area (Å²) in [5, 5.41) is 5.33. The third kappa shape index (κ3) is 8.65. The first-order chi connectivity index (χ1) is 32.7. The van der Waals surface area contributed by atoms with Crippen LogP contribution in [0.25, 0.3) is 77.1 Å². The summed E-state index contributed by atoms with van der Waals surface area (Å²) in [5.41, 5.74) is 10.2. The average Bonchev–Trinajstić information content (AvgIpc) is 3.67. The van der Waals surface area contributed by atoms with Gasteiger partial charge < -0.3 is 14.4 Å². The minimum Gasteiger partial charge on any atom is -0.501 e. The van der Waals surface area contributed by atoms with Crippen LogP contribution in [0.1, 0.15) is 131 Å². The summed E-state index contributed by atoms with van der Waals surface area (Å²) >= 11 is 0. The molecule has 0 bridgehead atoms. The van der Waals surface area contributed by atoms with Gasteiger partial charge in [-0.3, -0.25) is 0 Å². The second kappa shape index (κ2) is 17.8. The number of benzene rings is 6. The summed E-state index contributed by atoms with van der Waals surface area (Å²) in [7, 11) is 0. The maximum absolute atomic E-state index is 8.54. The Hall–Kier alpha value is -5.41. The molecule has 3 heterocycles. The normalized spacial score (nSPS) is 14.6. The van der Waals surface area contributed by atoms with Crippen molar-refractivity contribution in [1.29, 1.82) is 0 Å². The molecule has 0 aliphatic rings. The van der Waals surface area contributed by atoms with E-state index in [1.54, 1.807) is 12.1 Å². The van der Waals surface area contributed by atoms with Crippen molar-refractivity contribution >= 4 is 43.5 Å². The van der Waals surface area contributed by atoms with Crippen LogP contribution in [-0.4, -0.2) is 9.97 Å². The molecule has 9 aromatic rings. The number of fused-ring (bicyclic) bond motifs is 6. The number of aromatic nitrogens is 2. The molecule has 0 amide bonds. The van der Waals surface area contributed by atoms with E-state index in [0.29, 0.717) is 50.2 Å². The topological polar surface area (TPSA) is 38.9 Å². The number of hydrogen-bond donors (Lipinski definition) is 0. The quantitative estimate of drug-likeness (QED) is 0.123. The summed E-state index contributed by atoms with van der Waals surface area (Å²) in [6.45, 7) is 12.4. The fourth-order valence-electron chi connectivity index (χ4n) is 8.16. The Labute approximate surface area is 395 Å². The monoisotopic (exact) mass is 1000 g/mol. The van der Waals surface area contributed by atoms with Crippen molar-refractivity contribution in [3.8, 4) is 33.6 Å². The van der Waals surface area contributed by atoms with E-state index in [2.05, 4.69) is 110 Å². The first-order valence-corrected chi connectivity index (χ1v) is 21.1. The van der Waals surface area contributed by atoms with Crippen LogP contribution in [0.5, 0.6) is 0 Å². The largest absolute Gasteiger partial charge is 0.501 e. The van der Waals surface area contributed by atoms with Crippen molar-refractivity contribution in [2.45, 2.75) is 106 Å². The van der Waals surface area contributed by atoms with Crippen LogP contribution >= 0.6 is 0 Å². The molecule has 62 heavy (non-hydrogen) atoms. The maximum atomic E-state index is 8.54. The molecule has 0 atom stereocenters. The van der Waals surface area contributed by atoms with Gasteiger partial charge in [0.15, 0.2) is 0 Å². The molecular formula is C58H58IrN2O-2. The van der Waals surface area contributed by atoms with Crippen molar-refractivity contribution < 1.29 is 36.9 Å². The predicted molar refractivity (Wildman–Crippen MR) is 260 cm³/mol. The maximum Gasteiger partial charge on any atom is 0.121 e. The SMILES string of the molecule is [2H]C([2H])([2H])c1c[c-]c(-c2ccc(C(C)(C)C)cn2)cc1.[2H]C([2H])([2H])c1cnc(-c2[c-]cc(C([2H])([2H])[2H])c3c2oc2cc4c(ccc5ccccc54)cc23)cc1-c1c(C(C)C)cc(C(C)C)cc1C(C)C.[Ir]. The Balaban J connectivity index is 0.000000296. The van der Waals surface area contributed by atoms with E-state index >= 15 is 0 Å². The third-order valence-corrected chi connectivity index (χ3v) is 11.7. The molecule has 0 N–H and O–H groups in total. The van der Waals surface area contributed by atoms with Gasteiger partial charge >= 0.3 is 0 Å². The predicted octanol–water partition coefficient (Wildman–Crippen LogP) is 16.6. The molecule has 3 nitrogen and oxygen atoms in total. The Morgan fingerprint density at radius 1 is 0.629 bits per heavy atom. The molecule has 1 radical (unpaired) electrons. The molecule has 0 aliphatic heterocycles. The van der Waals surface area contributed by atoms with Gasteiger partial charge in [0, 0.05) is 50.2 Å². The summed E-state index contributed by atoms with van der Waals surface area (Å²) in [4.78, 5) is 9.15. The average molecular weight is 1000 g/mol. The molecule has 0 saturated heterocycles. The van der Waals surface area contributed by atoms with Crippen molar-refractivity contribution in [1.82, 2.24) is 9.97 Å². The van der Waals surface area contributed by atoms with Crippen LogP contribution in [0, 0.1) is 32.7 Å². The van der Waals surface area contributed by atoms with Gasteiger partial charge in [0.1, 0.15) is 5.58 Å². The second-order valence-corrected chi connectivity index (χ2v) is 18.1. The number of furan rings is 1. The van der Waals surface area contributed by atoms with Gasteiger partial charge in [-0.15, -0.1) is 53.1 Å². The Morgan fingerprint density at radius 2 is 1.35 bits per heavy atom. The van der Waals surface area contributed by atoms with Gasteiger partial charge in [-0.05, 0) is 114 Å². The van der Waals surface area contributed by atoms with Crippen molar-refractivity contribution in [2.24, 2.45) is 0 Å². The molecular weight excluding hydrogens is 933 g/mol. The zero-order chi connectivity index (χ0) is 50.8. The van der Waals surface area contributed by atoms with Gasteiger partial charge in [0.25, 0.3) is 0 Å². The fourth-order valence-corrected chi connectivity index (χ4v) is 8.16. The number of rotatable bonds is 6. The van der Waals surface area contributed by atoms with E-state index in [9.17, 15) is 0 Å². The molecule has 0 unspecified atom stereocenters. The Kier molecular flexibility index (Phi) is 9.77. The fraction of sp³-hybridized carbons (Fsp3) is 0.276. The van der Waals surface area contributed by atoms with E-state index in [1.165, 1.54) is 29.5 Å². The molecule has 4 heteroatoms. The summed E-state index contributed by atoms with van der Waals surface area (Å²) < 4.78 is 79.5. The van der Waals surface area contributed by atoms with E-state index in [1.807, 2.05) is 54.7 Å². The van der Waals surface area contributed by atoms with E-state index < -0.39 is 20.6 Å². The zero-order valence-corrected chi connectivity index (χ0v) is 39.2. The van der Waals surface area contributed by atoms with Crippen LogP contribution in [0.3, 0.4) is 0 Å². The number of aryl methyl sites for hydroxylation is 3. The number of nitrogens with zero attached hydrogens (tertiary/aromatic N) is 2. The zero-order valence-electron chi connectivity index (χ0n) is 45.8. The van der Waals surface area contributed by atoms with E-state index in [0.717, 1.165) is 49.5 Å². The molecule has 317 valence electrons. The smallest absolute Gasteiger partial charge is 0.121 e. The van der Waals surface area contributed by atoms with Gasteiger partial charge in [-0.1, -0.05) is 154 Å². The second-order valence-electron chi connectivity index (χ2n) is 18.1. The van der Waals surface area contributed by atoms with Crippen LogP contribution in [0.4, 0.5) is 0 Å². The Morgan fingerprint density at radius 3 is 1.98 bits per heavy atom. The Bertz CT molecular complexity index is 3310. The summed E-state index contributed by atoms with van der Waals surface area (Å²) in [6, 6.07) is 39.1. The third-order valence-electron chi connectivity index (χ3n) is 11.7. The first-order valence-electron chi connectivity index (χ1n) is 25.6. The number of pyridine rings is 2. The van der Waals surface area contributed by atoms with Gasteiger partial charge in [0.2, 0.25) is 0 Å². The van der Waals surface area contributed by atoms with E-state index in [-0.39, 0.29) is 48.5 Å². The molecule has 0 aliphatic carbocycles. The molecule has 0 saturated carbocycles. The van der Waals surface area contributed by atoms with E-state index in [4.69, 9.17) is 21.7 Å². The van der Waals surface area contributed by atoms with Crippen LogP contribution in [-0.2, 0) is 25.5 Å². The minimum atomic E-state index is -2.43. The summed E-state index contributed by atoms with van der Waals surface area (Å²) in [5.74, 6) is 0.552. The molecule has 9 rings (SSSR count). The minimum absolute atomic E-state index is 0. The summed E-state index contributed by atoms with van der Waals surface area (Å²) in [6.07, 6.45) is 3.31. The van der Waals surface area contributed by atoms with Crippen molar-refractivity contribution in [3.63, 3.8) is 0 Å². The molecule has 0 spiro atoms. The van der Waals surface area contributed by atoms with Crippen molar-refractivity contribution in [3.05, 3.63) is 167 Å².